The van der Waals surface area contributed by atoms with Gasteiger partial charge in [-0.05, 0) is 61.2 Å². The topological polar surface area (TPSA) is 85.8 Å². The van der Waals surface area contributed by atoms with Crippen molar-refractivity contribution in [2.24, 2.45) is 0 Å². The molecular weight excluding hydrogens is 314 g/mol. The number of anilines is 1. The first kappa shape index (κ1) is 15.2. The van der Waals surface area contributed by atoms with E-state index in [1.54, 1.807) is 30.3 Å². The molecule has 122 valence electrons. The number of hydrogen-bond acceptors (Lipinski definition) is 3. The van der Waals surface area contributed by atoms with E-state index < -0.39 is 0 Å². The van der Waals surface area contributed by atoms with Crippen molar-refractivity contribution in [1.29, 1.82) is 5.26 Å². The summed E-state index contributed by atoms with van der Waals surface area (Å²) in [5, 5.41) is 12.7. The number of nitrogens with zero attached hydrogens (tertiary/aromatic N) is 1. The van der Waals surface area contributed by atoms with Gasteiger partial charge in [0.2, 0.25) is 0 Å². The fourth-order valence-electron chi connectivity index (χ4n) is 3.38. The van der Waals surface area contributed by atoms with Crippen LogP contribution < -0.4 is 10.9 Å². The highest BCUT2D eigenvalue weighted by Gasteiger charge is 2.18. The SMILES string of the molecule is N#Cc1ccc(C(=O)Nc2ccc3c4c(c(=O)[nH]c3c2)CCC4)cc1. The van der Waals surface area contributed by atoms with Crippen molar-refractivity contribution in [3.63, 3.8) is 0 Å². The lowest BCUT2D eigenvalue weighted by atomic mass is 10.1. The van der Waals surface area contributed by atoms with Crippen LogP contribution in [0.4, 0.5) is 5.69 Å². The van der Waals surface area contributed by atoms with Crippen molar-refractivity contribution in [2.75, 3.05) is 5.32 Å². The number of carbonyl (C=O) groups excluding carboxylic acids is 1. The Morgan fingerprint density at radius 1 is 1.08 bits per heavy atom. The Kier molecular flexibility index (Phi) is 3.58. The number of hydrogen-bond donors (Lipinski definition) is 2. The smallest absolute Gasteiger partial charge is 0.255 e. The zero-order valence-electron chi connectivity index (χ0n) is 13.4. The van der Waals surface area contributed by atoms with Gasteiger partial charge in [-0.3, -0.25) is 9.59 Å². The van der Waals surface area contributed by atoms with Crippen LogP contribution in [0.5, 0.6) is 0 Å². The molecule has 0 bridgehead atoms. The molecule has 1 aliphatic rings. The van der Waals surface area contributed by atoms with Crippen molar-refractivity contribution in [2.45, 2.75) is 19.3 Å². The monoisotopic (exact) mass is 329 g/mol. The quantitative estimate of drug-likeness (QED) is 0.757. The number of carbonyl (C=O) groups is 1. The maximum Gasteiger partial charge on any atom is 0.255 e. The second-order valence-electron chi connectivity index (χ2n) is 6.17. The number of benzene rings is 2. The van der Waals surface area contributed by atoms with E-state index in [2.05, 4.69) is 10.3 Å². The van der Waals surface area contributed by atoms with E-state index in [0.717, 1.165) is 41.3 Å². The summed E-state index contributed by atoms with van der Waals surface area (Å²) in [6.45, 7) is 0. The molecular formula is C20H15N3O2. The van der Waals surface area contributed by atoms with Gasteiger partial charge in [-0.2, -0.15) is 5.26 Å². The third-order valence-electron chi connectivity index (χ3n) is 4.62. The Labute approximate surface area is 143 Å². The molecule has 0 fully saturated rings. The molecule has 0 unspecified atom stereocenters. The van der Waals surface area contributed by atoms with Gasteiger partial charge in [0, 0.05) is 22.2 Å². The van der Waals surface area contributed by atoms with Gasteiger partial charge in [-0.15, -0.1) is 0 Å². The van der Waals surface area contributed by atoms with E-state index in [1.807, 2.05) is 18.2 Å². The van der Waals surface area contributed by atoms with Gasteiger partial charge >= 0.3 is 0 Å². The number of aromatic amines is 1. The predicted molar refractivity (Wildman–Crippen MR) is 95.7 cm³/mol. The van der Waals surface area contributed by atoms with Gasteiger partial charge in [0.1, 0.15) is 0 Å². The van der Waals surface area contributed by atoms with Crippen LogP contribution in [0.25, 0.3) is 10.9 Å². The lowest BCUT2D eigenvalue weighted by molar-refractivity contribution is 0.102. The van der Waals surface area contributed by atoms with Crippen molar-refractivity contribution in [1.82, 2.24) is 4.98 Å². The van der Waals surface area contributed by atoms with Gasteiger partial charge in [-0.1, -0.05) is 6.07 Å². The molecule has 1 heterocycles. The van der Waals surface area contributed by atoms with Crippen LogP contribution in [0.3, 0.4) is 0 Å². The number of aromatic nitrogens is 1. The minimum absolute atomic E-state index is 0.0319. The van der Waals surface area contributed by atoms with Gasteiger partial charge in [0.25, 0.3) is 11.5 Å². The highest BCUT2D eigenvalue weighted by atomic mass is 16.1. The largest absolute Gasteiger partial charge is 0.322 e. The number of amides is 1. The van der Waals surface area contributed by atoms with Gasteiger partial charge in [0.15, 0.2) is 0 Å². The third-order valence-corrected chi connectivity index (χ3v) is 4.62. The first-order valence-corrected chi connectivity index (χ1v) is 8.15. The van der Waals surface area contributed by atoms with Gasteiger partial charge in [0.05, 0.1) is 17.1 Å². The zero-order valence-corrected chi connectivity index (χ0v) is 13.4. The van der Waals surface area contributed by atoms with Crippen LogP contribution in [0.15, 0.2) is 47.3 Å². The van der Waals surface area contributed by atoms with Crippen molar-refractivity contribution in [3.8, 4) is 6.07 Å². The Hall–Kier alpha value is -3.39. The van der Waals surface area contributed by atoms with Gasteiger partial charge < -0.3 is 10.3 Å². The van der Waals surface area contributed by atoms with Crippen molar-refractivity contribution in [3.05, 3.63) is 75.1 Å². The van der Waals surface area contributed by atoms with Crippen LogP contribution in [0, 0.1) is 11.3 Å². The van der Waals surface area contributed by atoms with Crippen LogP contribution in [-0.2, 0) is 12.8 Å². The van der Waals surface area contributed by atoms with Gasteiger partial charge in [-0.25, -0.2) is 0 Å². The molecule has 0 saturated carbocycles. The summed E-state index contributed by atoms with van der Waals surface area (Å²) >= 11 is 0. The molecule has 0 radical (unpaired) electrons. The molecule has 0 saturated heterocycles. The molecule has 3 aromatic rings. The molecule has 4 rings (SSSR count). The van der Waals surface area contributed by atoms with Crippen molar-refractivity contribution >= 4 is 22.5 Å². The molecule has 5 nitrogen and oxygen atoms in total. The summed E-state index contributed by atoms with van der Waals surface area (Å²) in [4.78, 5) is 27.4. The Morgan fingerprint density at radius 3 is 2.60 bits per heavy atom. The summed E-state index contributed by atoms with van der Waals surface area (Å²) in [5.74, 6) is -0.257. The van der Waals surface area contributed by atoms with Crippen LogP contribution in [0.1, 0.15) is 33.5 Å². The first-order valence-electron chi connectivity index (χ1n) is 8.15. The summed E-state index contributed by atoms with van der Waals surface area (Å²) in [6.07, 6.45) is 2.76. The predicted octanol–water partition coefficient (Wildman–Crippen LogP) is 3.14. The van der Waals surface area contributed by atoms with Crippen molar-refractivity contribution < 1.29 is 4.79 Å². The molecule has 0 aliphatic heterocycles. The van der Waals surface area contributed by atoms with E-state index >= 15 is 0 Å². The highest BCUT2D eigenvalue weighted by Crippen LogP contribution is 2.27. The average molecular weight is 329 g/mol. The molecule has 1 aliphatic carbocycles. The number of fused-ring (bicyclic) bond motifs is 3. The number of aryl methyl sites for hydroxylation is 1. The minimum Gasteiger partial charge on any atom is -0.322 e. The number of nitrogens with one attached hydrogen (secondary N) is 2. The minimum atomic E-state index is -0.257. The molecule has 5 heteroatoms. The molecule has 1 amide bonds. The number of H-pyrrole nitrogens is 1. The number of pyridine rings is 1. The maximum absolute atomic E-state index is 12.3. The fraction of sp³-hybridized carbons (Fsp3) is 0.150. The second-order valence-corrected chi connectivity index (χ2v) is 6.17. The van der Waals surface area contributed by atoms with Crippen LogP contribution in [-0.4, -0.2) is 10.9 Å². The molecule has 25 heavy (non-hydrogen) atoms. The zero-order chi connectivity index (χ0) is 17.4. The van der Waals surface area contributed by atoms with E-state index in [9.17, 15) is 9.59 Å². The first-order chi connectivity index (χ1) is 12.2. The van der Waals surface area contributed by atoms with Crippen LogP contribution in [0.2, 0.25) is 0 Å². The van der Waals surface area contributed by atoms with E-state index in [4.69, 9.17) is 5.26 Å². The van der Waals surface area contributed by atoms with E-state index in [-0.39, 0.29) is 11.5 Å². The summed E-state index contributed by atoms with van der Waals surface area (Å²) < 4.78 is 0. The molecule has 0 atom stereocenters. The Bertz CT molecular complexity index is 1090. The number of rotatable bonds is 2. The summed E-state index contributed by atoms with van der Waals surface area (Å²) in [5.41, 5.74) is 4.33. The molecule has 1 aromatic heterocycles. The molecule has 2 N–H and O–H groups in total. The lowest BCUT2D eigenvalue weighted by Gasteiger charge is -2.09. The van der Waals surface area contributed by atoms with E-state index in [1.165, 1.54) is 0 Å². The number of nitriles is 1. The Morgan fingerprint density at radius 2 is 1.84 bits per heavy atom. The average Bonchev–Trinajstić information content (AvgIpc) is 3.12. The summed E-state index contributed by atoms with van der Waals surface area (Å²) in [7, 11) is 0. The second kappa shape index (κ2) is 5.91. The normalized spacial score (nSPS) is 12.6. The van der Waals surface area contributed by atoms with E-state index in [0.29, 0.717) is 16.8 Å². The standard InChI is InChI=1S/C20H15N3O2/c21-11-12-4-6-13(7-5-12)19(24)22-14-8-9-16-15-2-1-3-17(15)20(25)23-18(16)10-14/h4-10H,1-3H2,(H,22,24)(H,23,25). The Balaban J connectivity index is 1.66. The highest BCUT2D eigenvalue weighted by molar-refractivity contribution is 6.05. The molecule has 2 aromatic carbocycles. The molecule has 0 spiro atoms. The maximum atomic E-state index is 12.3. The lowest BCUT2D eigenvalue weighted by Crippen LogP contribution is -2.14. The fourth-order valence-corrected chi connectivity index (χ4v) is 3.38. The van der Waals surface area contributed by atoms with Crippen LogP contribution >= 0.6 is 0 Å². The third kappa shape index (κ3) is 2.68. The summed E-state index contributed by atoms with van der Waals surface area (Å²) in [6, 6.07) is 14.1.